The first-order valence-corrected chi connectivity index (χ1v) is 11.7. The molecule has 1 amide bonds. The van der Waals surface area contributed by atoms with E-state index in [1.807, 2.05) is 6.07 Å². The standard InChI is InChI=1S/C24H21N3O5S/c28-24(13-8-18-6-11-22(12-7-18)27(29)30)25-21-10-9-19-14-15-26(17-20(19)16-21)33(31,32)23-4-2-1-3-5-23/h1-13,16H,14-15,17H2,(H,25,28)/b13-8+. The molecule has 0 bridgehead atoms. The van der Waals surface area contributed by atoms with Gasteiger partial charge in [0.1, 0.15) is 0 Å². The van der Waals surface area contributed by atoms with Gasteiger partial charge in [0.05, 0.1) is 9.82 Å². The van der Waals surface area contributed by atoms with Crippen LogP contribution in [0.3, 0.4) is 0 Å². The van der Waals surface area contributed by atoms with E-state index < -0.39 is 14.9 Å². The van der Waals surface area contributed by atoms with Crippen LogP contribution in [0.25, 0.3) is 6.08 Å². The minimum Gasteiger partial charge on any atom is -0.323 e. The molecule has 0 aliphatic carbocycles. The van der Waals surface area contributed by atoms with Crippen molar-refractivity contribution in [3.63, 3.8) is 0 Å². The van der Waals surface area contributed by atoms with E-state index in [2.05, 4.69) is 5.32 Å². The highest BCUT2D eigenvalue weighted by Gasteiger charge is 2.28. The number of hydrogen-bond acceptors (Lipinski definition) is 5. The summed E-state index contributed by atoms with van der Waals surface area (Å²) in [4.78, 5) is 22.8. The molecule has 0 fully saturated rings. The molecule has 0 aromatic heterocycles. The Balaban J connectivity index is 1.44. The van der Waals surface area contributed by atoms with Crippen LogP contribution in [0.2, 0.25) is 0 Å². The number of nitro groups is 1. The maximum absolute atomic E-state index is 12.9. The van der Waals surface area contributed by atoms with Gasteiger partial charge in [-0.3, -0.25) is 14.9 Å². The summed E-state index contributed by atoms with van der Waals surface area (Å²) in [6.45, 7) is 0.628. The monoisotopic (exact) mass is 463 g/mol. The van der Waals surface area contributed by atoms with Crippen molar-refractivity contribution in [3.05, 3.63) is 106 Å². The zero-order valence-electron chi connectivity index (χ0n) is 17.5. The number of hydrogen-bond donors (Lipinski definition) is 1. The molecule has 0 saturated carbocycles. The second kappa shape index (κ2) is 9.35. The summed E-state index contributed by atoms with van der Waals surface area (Å²) in [5.74, 6) is -0.363. The summed E-state index contributed by atoms with van der Waals surface area (Å²) >= 11 is 0. The fourth-order valence-electron chi connectivity index (χ4n) is 3.62. The zero-order valence-corrected chi connectivity index (χ0v) is 18.4. The van der Waals surface area contributed by atoms with Gasteiger partial charge in [0.15, 0.2) is 0 Å². The third kappa shape index (κ3) is 5.16. The van der Waals surface area contributed by atoms with Crippen molar-refractivity contribution in [2.45, 2.75) is 17.9 Å². The zero-order chi connectivity index (χ0) is 23.4. The summed E-state index contributed by atoms with van der Waals surface area (Å²) in [6.07, 6.45) is 3.49. The molecule has 3 aromatic carbocycles. The number of carbonyl (C=O) groups excluding carboxylic acids is 1. The minimum absolute atomic E-state index is 0.0195. The van der Waals surface area contributed by atoms with E-state index in [0.717, 1.165) is 11.1 Å². The van der Waals surface area contributed by atoms with E-state index in [-0.39, 0.29) is 23.0 Å². The molecule has 1 N–H and O–H groups in total. The highest BCUT2D eigenvalue weighted by molar-refractivity contribution is 7.89. The lowest BCUT2D eigenvalue weighted by Gasteiger charge is -2.28. The molecule has 0 unspecified atom stereocenters. The average molecular weight is 464 g/mol. The van der Waals surface area contributed by atoms with Gasteiger partial charge in [-0.05, 0) is 65.6 Å². The number of nitro benzene ring substituents is 1. The Morgan fingerprint density at radius 3 is 2.42 bits per heavy atom. The smallest absolute Gasteiger partial charge is 0.269 e. The molecule has 168 valence electrons. The molecule has 0 radical (unpaired) electrons. The normalized spacial score (nSPS) is 14.1. The highest BCUT2D eigenvalue weighted by atomic mass is 32.2. The Kier molecular flexibility index (Phi) is 6.34. The molecular formula is C24H21N3O5S. The lowest BCUT2D eigenvalue weighted by molar-refractivity contribution is -0.384. The van der Waals surface area contributed by atoms with Crippen LogP contribution in [-0.4, -0.2) is 30.1 Å². The lowest BCUT2D eigenvalue weighted by atomic mass is 10.0. The summed E-state index contributed by atoms with van der Waals surface area (Å²) in [5, 5.41) is 13.5. The Bertz CT molecular complexity index is 1320. The van der Waals surface area contributed by atoms with Crippen molar-refractivity contribution in [2.75, 3.05) is 11.9 Å². The van der Waals surface area contributed by atoms with Crippen LogP contribution >= 0.6 is 0 Å². The summed E-state index contributed by atoms with van der Waals surface area (Å²) in [7, 11) is -3.60. The van der Waals surface area contributed by atoms with Gasteiger partial charge in [-0.25, -0.2) is 8.42 Å². The Hall–Kier alpha value is -3.82. The number of carbonyl (C=O) groups is 1. The summed E-state index contributed by atoms with van der Waals surface area (Å²) < 4.78 is 27.3. The van der Waals surface area contributed by atoms with Crippen molar-refractivity contribution in [1.82, 2.24) is 4.31 Å². The van der Waals surface area contributed by atoms with Gasteiger partial charge in [0.2, 0.25) is 15.9 Å². The topological polar surface area (TPSA) is 110 Å². The first-order valence-electron chi connectivity index (χ1n) is 10.2. The Morgan fingerprint density at radius 1 is 1.00 bits per heavy atom. The fourth-order valence-corrected chi connectivity index (χ4v) is 5.06. The molecule has 1 aliphatic rings. The fraction of sp³-hybridized carbons (Fsp3) is 0.125. The SMILES string of the molecule is O=C(/C=C/c1ccc([N+](=O)[O-])cc1)Nc1ccc2c(c1)CN(S(=O)(=O)c1ccccc1)CC2. The Labute approximate surface area is 191 Å². The van der Waals surface area contributed by atoms with Gasteiger partial charge in [-0.1, -0.05) is 24.3 Å². The number of sulfonamides is 1. The molecule has 1 aliphatic heterocycles. The third-order valence-electron chi connectivity index (χ3n) is 5.36. The van der Waals surface area contributed by atoms with Crippen LogP contribution in [0, 0.1) is 10.1 Å². The van der Waals surface area contributed by atoms with Gasteiger partial charge >= 0.3 is 0 Å². The Morgan fingerprint density at radius 2 is 1.73 bits per heavy atom. The molecule has 9 heteroatoms. The molecule has 3 aromatic rings. The van der Waals surface area contributed by atoms with Crippen LogP contribution in [0.15, 0.2) is 83.8 Å². The van der Waals surface area contributed by atoms with E-state index in [1.165, 1.54) is 22.5 Å². The number of amides is 1. The highest BCUT2D eigenvalue weighted by Crippen LogP contribution is 2.27. The van der Waals surface area contributed by atoms with Gasteiger partial charge < -0.3 is 5.32 Å². The molecular weight excluding hydrogens is 442 g/mol. The summed E-state index contributed by atoms with van der Waals surface area (Å²) in [5.41, 5.74) is 3.09. The van der Waals surface area contributed by atoms with Crippen LogP contribution in [0.4, 0.5) is 11.4 Å². The van der Waals surface area contributed by atoms with Gasteiger partial charge in [-0.2, -0.15) is 4.31 Å². The second-order valence-corrected chi connectivity index (χ2v) is 9.49. The molecule has 0 saturated heterocycles. The molecule has 4 rings (SSSR count). The van der Waals surface area contributed by atoms with E-state index >= 15 is 0 Å². The third-order valence-corrected chi connectivity index (χ3v) is 7.22. The van der Waals surface area contributed by atoms with Crippen molar-refractivity contribution in [2.24, 2.45) is 0 Å². The number of nitrogens with zero attached hydrogens (tertiary/aromatic N) is 2. The lowest BCUT2D eigenvalue weighted by Crippen LogP contribution is -2.36. The number of benzene rings is 3. The van der Waals surface area contributed by atoms with Crippen molar-refractivity contribution in [3.8, 4) is 0 Å². The van der Waals surface area contributed by atoms with Crippen molar-refractivity contribution >= 4 is 33.4 Å². The number of non-ortho nitro benzene ring substituents is 1. The number of rotatable bonds is 6. The van der Waals surface area contributed by atoms with Gasteiger partial charge in [0, 0.05) is 37.0 Å². The van der Waals surface area contributed by atoms with E-state index in [9.17, 15) is 23.3 Å². The van der Waals surface area contributed by atoms with E-state index in [1.54, 1.807) is 60.7 Å². The molecule has 1 heterocycles. The molecule has 33 heavy (non-hydrogen) atoms. The number of anilines is 1. The average Bonchev–Trinajstić information content (AvgIpc) is 2.83. The molecule has 0 atom stereocenters. The van der Waals surface area contributed by atoms with Crippen LogP contribution < -0.4 is 5.32 Å². The molecule has 8 nitrogen and oxygen atoms in total. The van der Waals surface area contributed by atoms with Gasteiger partial charge in [-0.15, -0.1) is 0 Å². The number of nitrogens with one attached hydrogen (secondary N) is 1. The minimum atomic E-state index is -3.60. The van der Waals surface area contributed by atoms with Crippen molar-refractivity contribution in [1.29, 1.82) is 0 Å². The predicted octanol–water partition coefficient (Wildman–Crippen LogP) is 3.99. The maximum Gasteiger partial charge on any atom is 0.269 e. The summed E-state index contributed by atoms with van der Waals surface area (Å²) in [6, 6.07) is 19.7. The van der Waals surface area contributed by atoms with E-state index in [4.69, 9.17) is 0 Å². The van der Waals surface area contributed by atoms with Crippen LogP contribution in [-0.2, 0) is 27.8 Å². The predicted molar refractivity (Wildman–Crippen MR) is 125 cm³/mol. The number of fused-ring (bicyclic) bond motifs is 1. The largest absolute Gasteiger partial charge is 0.323 e. The van der Waals surface area contributed by atoms with E-state index in [0.29, 0.717) is 24.2 Å². The molecule has 0 spiro atoms. The first-order chi connectivity index (χ1) is 15.8. The maximum atomic E-state index is 12.9. The van der Waals surface area contributed by atoms with Crippen LogP contribution in [0.5, 0.6) is 0 Å². The quantitative estimate of drug-likeness (QED) is 0.338. The van der Waals surface area contributed by atoms with Crippen LogP contribution in [0.1, 0.15) is 16.7 Å². The first kappa shape index (κ1) is 22.4. The second-order valence-electron chi connectivity index (χ2n) is 7.56. The van der Waals surface area contributed by atoms with Gasteiger partial charge in [0.25, 0.3) is 5.69 Å². The van der Waals surface area contributed by atoms with Crippen molar-refractivity contribution < 1.29 is 18.1 Å².